The van der Waals surface area contributed by atoms with E-state index in [0.29, 0.717) is 26.6 Å². The normalized spacial score (nSPS) is 13.0. The second kappa shape index (κ2) is 9.30. The van der Waals surface area contributed by atoms with Crippen molar-refractivity contribution in [3.05, 3.63) is 53.3 Å². The minimum absolute atomic E-state index is 0.0776. The molecule has 132 valence electrons. The molecule has 0 saturated carbocycles. The van der Waals surface area contributed by atoms with Crippen LogP contribution in [0, 0.1) is 0 Å². The van der Waals surface area contributed by atoms with Gasteiger partial charge in [0, 0.05) is 32.5 Å². The quantitative estimate of drug-likeness (QED) is 0.411. The Bertz CT molecular complexity index is 838. The fourth-order valence-electron chi connectivity index (χ4n) is 1.93. The predicted molar refractivity (Wildman–Crippen MR) is 117 cm³/mol. The summed E-state index contributed by atoms with van der Waals surface area (Å²) >= 11 is 13.3. The standard InChI is InChI=1S/C17H14Br4N2O2/c1-9(23-8-11-3-13(19)5-15(21)17(11)25)6-22-7-10-2-12(18)4-14(20)16(10)24/h2-5,7-9,24-25H,6H2,1H3/t9-/m0/s1. The van der Waals surface area contributed by atoms with E-state index >= 15 is 0 Å². The van der Waals surface area contributed by atoms with E-state index in [4.69, 9.17) is 0 Å². The maximum Gasteiger partial charge on any atom is 0.138 e. The minimum atomic E-state index is -0.0776. The summed E-state index contributed by atoms with van der Waals surface area (Å²) < 4.78 is 2.90. The van der Waals surface area contributed by atoms with E-state index in [1.165, 1.54) is 0 Å². The number of nitrogens with zero attached hydrogens (tertiary/aromatic N) is 2. The maximum absolute atomic E-state index is 10.0. The van der Waals surface area contributed by atoms with Crippen LogP contribution in [0.5, 0.6) is 11.5 Å². The number of phenols is 2. The van der Waals surface area contributed by atoms with Gasteiger partial charge in [0.15, 0.2) is 0 Å². The third-order valence-corrected chi connectivity index (χ3v) is 5.31. The van der Waals surface area contributed by atoms with Crippen molar-refractivity contribution in [2.75, 3.05) is 6.54 Å². The van der Waals surface area contributed by atoms with Gasteiger partial charge in [0.25, 0.3) is 0 Å². The summed E-state index contributed by atoms with van der Waals surface area (Å²) in [4.78, 5) is 8.74. The average Bonchev–Trinajstić information content (AvgIpc) is 2.53. The summed E-state index contributed by atoms with van der Waals surface area (Å²) in [6.45, 7) is 2.38. The lowest BCUT2D eigenvalue weighted by Crippen LogP contribution is -2.04. The largest absolute Gasteiger partial charge is 0.506 e. The molecule has 1 atom stereocenters. The predicted octanol–water partition coefficient (Wildman–Crippen LogP) is 6.07. The van der Waals surface area contributed by atoms with E-state index in [9.17, 15) is 10.2 Å². The molecule has 0 heterocycles. The number of phenolic OH excluding ortho intramolecular Hbond substituents is 2. The summed E-state index contributed by atoms with van der Waals surface area (Å²) in [7, 11) is 0. The van der Waals surface area contributed by atoms with E-state index < -0.39 is 0 Å². The Morgan fingerprint density at radius 1 is 0.880 bits per heavy atom. The Labute approximate surface area is 179 Å². The summed E-state index contributed by atoms with van der Waals surface area (Å²) in [5, 5.41) is 20.0. The van der Waals surface area contributed by atoms with Crippen LogP contribution in [-0.4, -0.2) is 35.2 Å². The smallest absolute Gasteiger partial charge is 0.138 e. The molecule has 0 amide bonds. The number of rotatable bonds is 5. The molecule has 0 aromatic heterocycles. The van der Waals surface area contributed by atoms with Gasteiger partial charge in [0.2, 0.25) is 0 Å². The Hall–Kier alpha value is -0.700. The number of aromatic hydroxyl groups is 2. The van der Waals surface area contributed by atoms with Gasteiger partial charge in [0.1, 0.15) is 11.5 Å². The number of benzene rings is 2. The van der Waals surface area contributed by atoms with Crippen molar-refractivity contribution in [3.63, 3.8) is 0 Å². The molecule has 0 aliphatic heterocycles. The molecule has 0 radical (unpaired) electrons. The van der Waals surface area contributed by atoms with Crippen molar-refractivity contribution < 1.29 is 10.2 Å². The van der Waals surface area contributed by atoms with Gasteiger partial charge in [-0.2, -0.15) is 0 Å². The molecule has 0 unspecified atom stereocenters. The van der Waals surface area contributed by atoms with Crippen LogP contribution in [0.25, 0.3) is 0 Å². The molecule has 0 fully saturated rings. The highest BCUT2D eigenvalue weighted by atomic mass is 79.9. The highest BCUT2D eigenvalue weighted by Gasteiger charge is 2.07. The topological polar surface area (TPSA) is 65.2 Å². The molecular formula is C17H14Br4N2O2. The van der Waals surface area contributed by atoms with Gasteiger partial charge in [-0.25, -0.2) is 0 Å². The highest BCUT2D eigenvalue weighted by molar-refractivity contribution is 9.11. The van der Waals surface area contributed by atoms with Crippen LogP contribution >= 0.6 is 63.7 Å². The van der Waals surface area contributed by atoms with Gasteiger partial charge in [-0.1, -0.05) is 31.9 Å². The van der Waals surface area contributed by atoms with Crippen molar-refractivity contribution in [1.29, 1.82) is 0 Å². The molecule has 0 aliphatic carbocycles. The van der Waals surface area contributed by atoms with E-state index in [1.54, 1.807) is 36.7 Å². The zero-order valence-electron chi connectivity index (χ0n) is 13.0. The van der Waals surface area contributed by atoms with E-state index in [1.807, 2.05) is 6.92 Å². The van der Waals surface area contributed by atoms with E-state index in [2.05, 4.69) is 73.7 Å². The van der Waals surface area contributed by atoms with Crippen LogP contribution < -0.4 is 0 Å². The first kappa shape index (κ1) is 20.6. The van der Waals surface area contributed by atoms with Crippen molar-refractivity contribution in [1.82, 2.24) is 0 Å². The van der Waals surface area contributed by atoms with Crippen molar-refractivity contribution >= 4 is 76.1 Å². The number of halogens is 4. The van der Waals surface area contributed by atoms with Crippen LogP contribution in [0.2, 0.25) is 0 Å². The Kier molecular flexibility index (Phi) is 7.67. The second-order valence-electron chi connectivity index (χ2n) is 5.27. The van der Waals surface area contributed by atoms with Crippen molar-refractivity contribution in [2.45, 2.75) is 13.0 Å². The zero-order chi connectivity index (χ0) is 18.6. The first-order chi connectivity index (χ1) is 11.8. The summed E-state index contributed by atoms with van der Waals surface area (Å²) in [6, 6.07) is 7.03. The summed E-state index contributed by atoms with van der Waals surface area (Å²) in [6.07, 6.45) is 3.24. The number of hydrogen-bond donors (Lipinski definition) is 2. The van der Waals surface area contributed by atoms with Crippen LogP contribution in [0.15, 0.2) is 52.1 Å². The number of hydrogen-bond acceptors (Lipinski definition) is 4. The van der Waals surface area contributed by atoms with Crippen molar-refractivity contribution in [3.8, 4) is 11.5 Å². The Morgan fingerprint density at radius 3 is 1.88 bits per heavy atom. The first-order valence-electron chi connectivity index (χ1n) is 7.17. The molecule has 0 aliphatic rings. The van der Waals surface area contributed by atoms with E-state index in [-0.39, 0.29) is 17.5 Å². The molecule has 2 aromatic carbocycles. The lowest BCUT2D eigenvalue weighted by Gasteiger charge is -2.06. The number of aliphatic imine (C=N–C) groups is 2. The first-order valence-corrected chi connectivity index (χ1v) is 10.3. The summed E-state index contributed by atoms with van der Waals surface area (Å²) in [5.41, 5.74) is 1.23. The van der Waals surface area contributed by atoms with Crippen LogP contribution in [-0.2, 0) is 0 Å². The molecule has 8 heteroatoms. The second-order valence-corrected chi connectivity index (χ2v) is 8.81. The van der Waals surface area contributed by atoms with Gasteiger partial charge < -0.3 is 10.2 Å². The zero-order valence-corrected chi connectivity index (χ0v) is 19.4. The minimum Gasteiger partial charge on any atom is -0.506 e. The Balaban J connectivity index is 2.05. The van der Waals surface area contributed by atoms with Crippen LogP contribution in [0.3, 0.4) is 0 Å². The van der Waals surface area contributed by atoms with Crippen LogP contribution in [0.4, 0.5) is 0 Å². The fourth-order valence-corrected chi connectivity index (χ4v) is 4.44. The molecule has 2 N–H and O–H groups in total. The maximum atomic E-state index is 10.0. The lowest BCUT2D eigenvalue weighted by molar-refractivity contribution is 0.470. The fraction of sp³-hybridized carbons (Fsp3) is 0.176. The lowest BCUT2D eigenvalue weighted by atomic mass is 10.2. The Morgan fingerprint density at radius 2 is 1.36 bits per heavy atom. The van der Waals surface area contributed by atoms with Gasteiger partial charge in [-0.3, -0.25) is 9.98 Å². The molecular weight excluding hydrogens is 584 g/mol. The molecule has 4 nitrogen and oxygen atoms in total. The van der Waals surface area contributed by atoms with Gasteiger partial charge >= 0.3 is 0 Å². The third kappa shape index (κ3) is 5.91. The molecule has 2 aromatic rings. The van der Waals surface area contributed by atoms with Gasteiger partial charge in [-0.15, -0.1) is 0 Å². The summed E-state index contributed by atoms with van der Waals surface area (Å²) in [5.74, 6) is 0.290. The van der Waals surface area contributed by atoms with E-state index in [0.717, 1.165) is 8.95 Å². The highest BCUT2D eigenvalue weighted by Crippen LogP contribution is 2.31. The van der Waals surface area contributed by atoms with Crippen LogP contribution in [0.1, 0.15) is 18.1 Å². The SMILES string of the molecule is C[C@@H](CN=Cc1cc(Br)cc(Br)c1O)N=Cc1cc(Br)cc(Br)c1O. The molecule has 0 saturated heterocycles. The average molecular weight is 598 g/mol. The third-order valence-electron chi connectivity index (χ3n) is 3.18. The molecule has 2 rings (SSSR count). The van der Waals surface area contributed by atoms with Gasteiger partial charge in [-0.05, 0) is 63.0 Å². The van der Waals surface area contributed by atoms with Gasteiger partial charge in [0.05, 0.1) is 21.5 Å². The van der Waals surface area contributed by atoms with Crippen molar-refractivity contribution in [2.24, 2.45) is 9.98 Å². The monoisotopic (exact) mass is 594 g/mol. The molecule has 25 heavy (non-hydrogen) atoms. The molecule has 0 bridgehead atoms. The molecule has 0 spiro atoms.